The molecular weight excluding hydrogens is 547 g/mol. The lowest BCUT2D eigenvalue weighted by Gasteiger charge is -2.23. The van der Waals surface area contributed by atoms with Crippen molar-refractivity contribution in [2.24, 2.45) is 0 Å². The van der Waals surface area contributed by atoms with Gasteiger partial charge in [0.2, 0.25) is 10.0 Å². The number of amides is 1. The maximum absolute atomic E-state index is 15.4. The number of aromatic nitrogens is 1. The van der Waals surface area contributed by atoms with Crippen LogP contribution in [0.1, 0.15) is 59.4 Å². The van der Waals surface area contributed by atoms with Crippen LogP contribution in [0.5, 0.6) is 5.75 Å². The number of hydrogen-bond donors (Lipinski definition) is 2. The normalized spacial score (nSPS) is 15.0. The number of carbonyl (C=O) groups excluding carboxylic acids is 1. The van der Waals surface area contributed by atoms with E-state index in [9.17, 15) is 18.0 Å². The second-order valence-electron chi connectivity index (χ2n) is 11.0. The first-order valence-corrected chi connectivity index (χ1v) is 14.9. The van der Waals surface area contributed by atoms with Crippen molar-refractivity contribution < 1.29 is 22.3 Å². The molecule has 0 spiro atoms. The second-order valence-corrected chi connectivity index (χ2v) is 13.5. The molecule has 1 aliphatic heterocycles. The summed E-state index contributed by atoms with van der Waals surface area (Å²) in [6.07, 6.45) is 0. The Morgan fingerprint density at radius 1 is 1.22 bits per heavy atom. The molecule has 11 heteroatoms. The Morgan fingerprint density at radius 3 is 2.54 bits per heavy atom. The zero-order chi connectivity index (χ0) is 30.2. The van der Waals surface area contributed by atoms with Crippen molar-refractivity contribution in [3.8, 4) is 16.9 Å². The fourth-order valence-electron chi connectivity index (χ4n) is 5.20. The van der Waals surface area contributed by atoms with Crippen molar-refractivity contribution in [1.82, 2.24) is 15.2 Å². The number of benzene rings is 2. The molecule has 1 aromatic heterocycles. The van der Waals surface area contributed by atoms with Gasteiger partial charge in [-0.25, -0.2) is 12.8 Å². The van der Waals surface area contributed by atoms with E-state index in [1.165, 1.54) is 17.5 Å². The Bertz CT molecular complexity index is 1650. The maximum Gasteiger partial charge on any atom is 0.256 e. The van der Waals surface area contributed by atoms with E-state index in [0.717, 1.165) is 5.56 Å². The predicted octanol–water partition coefficient (Wildman–Crippen LogP) is 4.15. The topological polar surface area (TPSA) is 112 Å². The Labute approximate surface area is 240 Å². The third-order valence-electron chi connectivity index (χ3n) is 7.23. The quantitative estimate of drug-likeness (QED) is 0.391. The molecule has 0 saturated heterocycles. The number of pyridine rings is 1. The standard InChI is InChI=1S/C30H37FN4O5S/c1-17(2)41(38,39)35-15-18(3)28-23(29(36)32-14-24-27(40-7)10-19(4)33-30(24)37)12-21(13-26(28)35)22-9-8-20(11-25(22)31)16-34(5)6/h8-13,17-18H,14-16H2,1-7H3,(H,32,36)(H,33,37). The van der Waals surface area contributed by atoms with Crippen molar-refractivity contribution in [2.45, 2.75) is 52.0 Å². The zero-order valence-corrected chi connectivity index (χ0v) is 25.3. The summed E-state index contributed by atoms with van der Waals surface area (Å²) in [5, 5.41) is 2.10. The number of aryl methyl sites for hydroxylation is 1. The number of rotatable bonds is 9. The van der Waals surface area contributed by atoms with Gasteiger partial charge in [-0.15, -0.1) is 0 Å². The molecule has 1 unspecified atom stereocenters. The fraction of sp³-hybridized carbons (Fsp3) is 0.400. The summed E-state index contributed by atoms with van der Waals surface area (Å²) in [7, 11) is 1.50. The minimum Gasteiger partial charge on any atom is -0.496 e. The van der Waals surface area contributed by atoms with Crippen LogP contribution in [0.25, 0.3) is 11.1 Å². The molecule has 0 bridgehead atoms. The van der Waals surface area contributed by atoms with Crippen LogP contribution < -0.4 is 19.9 Å². The van der Waals surface area contributed by atoms with Gasteiger partial charge in [0, 0.05) is 35.8 Å². The van der Waals surface area contributed by atoms with E-state index < -0.39 is 27.0 Å². The number of anilines is 1. The predicted molar refractivity (Wildman–Crippen MR) is 159 cm³/mol. The number of halogens is 1. The lowest BCUT2D eigenvalue weighted by atomic mass is 9.92. The minimum atomic E-state index is -3.73. The summed E-state index contributed by atoms with van der Waals surface area (Å²) in [5.74, 6) is -0.938. The van der Waals surface area contributed by atoms with Gasteiger partial charge in [-0.05, 0) is 75.8 Å². The molecule has 220 valence electrons. The number of ether oxygens (including phenoxy) is 1. The minimum absolute atomic E-state index is 0.118. The van der Waals surface area contributed by atoms with Crippen LogP contribution in [0.2, 0.25) is 0 Å². The zero-order valence-electron chi connectivity index (χ0n) is 24.5. The van der Waals surface area contributed by atoms with E-state index in [1.807, 2.05) is 32.0 Å². The number of sulfonamides is 1. The smallest absolute Gasteiger partial charge is 0.256 e. The highest BCUT2D eigenvalue weighted by molar-refractivity contribution is 7.93. The van der Waals surface area contributed by atoms with Crippen molar-refractivity contribution in [1.29, 1.82) is 0 Å². The van der Waals surface area contributed by atoms with Gasteiger partial charge < -0.3 is 19.9 Å². The molecular formula is C30H37FN4O5S. The molecule has 0 radical (unpaired) electrons. The Kier molecular flexibility index (Phi) is 8.60. The van der Waals surface area contributed by atoms with Gasteiger partial charge in [-0.3, -0.25) is 13.9 Å². The summed E-state index contributed by atoms with van der Waals surface area (Å²) in [6.45, 7) is 7.38. The highest BCUT2D eigenvalue weighted by Crippen LogP contribution is 2.44. The third-order valence-corrected chi connectivity index (χ3v) is 9.38. The number of aromatic amines is 1. The van der Waals surface area contributed by atoms with Crippen LogP contribution in [-0.2, 0) is 23.1 Å². The molecule has 2 heterocycles. The monoisotopic (exact) mass is 584 g/mol. The first kappa shape index (κ1) is 30.3. The van der Waals surface area contributed by atoms with E-state index in [2.05, 4.69) is 10.3 Å². The first-order valence-electron chi connectivity index (χ1n) is 13.4. The van der Waals surface area contributed by atoms with Crippen molar-refractivity contribution >= 4 is 21.6 Å². The Balaban J connectivity index is 1.83. The number of carbonyl (C=O) groups is 1. The SMILES string of the molecule is COc1cc(C)[nH]c(=O)c1CNC(=O)c1cc(-c2ccc(CN(C)C)cc2F)cc2c1C(C)CN2S(=O)(=O)C(C)C. The first-order chi connectivity index (χ1) is 19.2. The van der Waals surface area contributed by atoms with Crippen LogP contribution >= 0.6 is 0 Å². The van der Waals surface area contributed by atoms with Crippen molar-refractivity contribution in [3.05, 3.63) is 80.5 Å². The summed E-state index contributed by atoms with van der Waals surface area (Å²) in [5.41, 5.74) is 3.04. The molecule has 1 amide bonds. The highest BCUT2D eigenvalue weighted by Gasteiger charge is 2.38. The summed E-state index contributed by atoms with van der Waals surface area (Å²) in [4.78, 5) is 30.9. The lowest BCUT2D eigenvalue weighted by Crippen LogP contribution is -2.35. The molecule has 2 N–H and O–H groups in total. The van der Waals surface area contributed by atoms with Gasteiger partial charge in [-0.1, -0.05) is 19.1 Å². The van der Waals surface area contributed by atoms with E-state index in [1.54, 1.807) is 45.0 Å². The van der Waals surface area contributed by atoms with Gasteiger partial charge in [0.15, 0.2) is 0 Å². The van der Waals surface area contributed by atoms with Gasteiger partial charge in [0.1, 0.15) is 11.6 Å². The van der Waals surface area contributed by atoms with Gasteiger partial charge in [-0.2, -0.15) is 0 Å². The fourth-order valence-corrected chi connectivity index (χ4v) is 6.56. The van der Waals surface area contributed by atoms with Gasteiger partial charge in [0.05, 0.1) is 30.2 Å². The molecule has 1 aliphatic rings. The average molecular weight is 585 g/mol. The number of methoxy groups -OCH3 is 1. The van der Waals surface area contributed by atoms with E-state index >= 15 is 4.39 Å². The van der Waals surface area contributed by atoms with Crippen molar-refractivity contribution in [3.63, 3.8) is 0 Å². The molecule has 1 atom stereocenters. The highest BCUT2D eigenvalue weighted by atomic mass is 32.2. The average Bonchev–Trinajstić information content (AvgIpc) is 3.23. The van der Waals surface area contributed by atoms with Crippen LogP contribution in [0, 0.1) is 12.7 Å². The summed E-state index contributed by atoms with van der Waals surface area (Å²) >= 11 is 0. The molecule has 41 heavy (non-hydrogen) atoms. The van der Waals surface area contributed by atoms with Crippen LogP contribution in [-0.4, -0.2) is 57.2 Å². The third kappa shape index (κ3) is 6.01. The van der Waals surface area contributed by atoms with E-state index in [-0.39, 0.29) is 41.3 Å². The van der Waals surface area contributed by atoms with Crippen LogP contribution in [0.4, 0.5) is 10.1 Å². The Hall–Kier alpha value is -3.70. The molecule has 0 fully saturated rings. The van der Waals surface area contributed by atoms with Crippen LogP contribution in [0.15, 0.2) is 41.2 Å². The summed E-state index contributed by atoms with van der Waals surface area (Å²) in [6, 6.07) is 9.81. The summed E-state index contributed by atoms with van der Waals surface area (Å²) < 4.78 is 48.8. The Morgan fingerprint density at radius 2 is 1.93 bits per heavy atom. The molecule has 4 rings (SSSR count). The maximum atomic E-state index is 15.4. The second kappa shape index (κ2) is 11.7. The number of nitrogens with one attached hydrogen (secondary N) is 2. The van der Waals surface area contributed by atoms with Gasteiger partial charge in [0.25, 0.3) is 11.5 Å². The van der Waals surface area contributed by atoms with E-state index in [4.69, 9.17) is 4.74 Å². The molecule has 2 aromatic carbocycles. The molecule has 9 nitrogen and oxygen atoms in total. The number of H-pyrrole nitrogens is 1. The molecule has 0 aliphatic carbocycles. The number of fused-ring (bicyclic) bond motifs is 1. The van der Waals surface area contributed by atoms with E-state index in [0.29, 0.717) is 34.8 Å². The number of hydrogen-bond acceptors (Lipinski definition) is 6. The lowest BCUT2D eigenvalue weighted by molar-refractivity contribution is 0.0949. The van der Waals surface area contributed by atoms with Crippen molar-refractivity contribution in [2.75, 3.05) is 32.1 Å². The molecule has 3 aromatic rings. The largest absolute Gasteiger partial charge is 0.496 e. The van der Waals surface area contributed by atoms with Crippen LogP contribution in [0.3, 0.4) is 0 Å². The molecule has 0 saturated carbocycles. The van der Waals surface area contributed by atoms with Gasteiger partial charge >= 0.3 is 0 Å². The number of nitrogens with zero attached hydrogens (tertiary/aromatic N) is 2.